The first kappa shape index (κ1) is 19.7. The Labute approximate surface area is 177 Å². The number of amides is 3. The molecule has 2 aromatic heterocycles. The minimum absolute atomic E-state index is 0.0511. The molecule has 31 heavy (non-hydrogen) atoms. The fourth-order valence-corrected chi connectivity index (χ4v) is 3.15. The zero-order valence-corrected chi connectivity index (χ0v) is 16.3. The first-order valence-corrected chi connectivity index (χ1v) is 9.42. The van der Waals surface area contributed by atoms with Gasteiger partial charge in [0.1, 0.15) is 17.2 Å². The van der Waals surface area contributed by atoms with E-state index in [2.05, 4.69) is 20.6 Å². The van der Waals surface area contributed by atoms with Crippen molar-refractivity contribution in [3.63, 3.8) is 0 Å². The first-order chi connectivity index (χ1) is 15.0. The van der Waals surface area contributed by atoms with Crippen LogP contribution in [0.1, 0.15) is 11.1 Å². The standard InChI is InChI=1S/C23H19N5O3/c24-21(30)19(14-5-2-1-3-6-14)11-15-13-25-22-18(15)9-10-20(27-22)28-23(31)26-16-7-4-8-17(29)12-16/h1-13,29H,(H2,24,30)(H3,25,26,27,28,31)/b19-11+. The maximum Gasteiger partial charge on any atom is 0.324 e. The number of nitrogens with two attached hydrogens (primary N) is 1. The van der Waals surface area contributed by atoms with Crippen molar-refractivity contribution in [2.24, 2.45) is 5.73 Å². The summed E-state index contributed by atoms with van der Waals surface area (Å²) < 4.78 is 0. The quantitative estimate of drug-likeness (QED) is 0.317. The second-order valence-electron chi connectivity index (χ2n) is 6.75. The van der Waals surface area contributed by atoms with Crippen molar-refractivity contribution in [1.82, 2.24) is 9.97 Å². The molecule has 3 amide bonds. The van der Waals surface area contributed by atoms with E-state index < -0.39 is 11.9 Å². The second-order valence-corrected chi connectivity index (χ2v) is 6.75. The molecule has 0 saturated heterocycles. The number of rotatable bonds is 5. The molecule has 0 atom stereocenters. The van der Waals surface area contributed by atoms with E-state index in [4.69, 9.17) is 5.73 Å². The van der Waals surface area contributed by atoms with Crippen LogP contribution in [0.15, 0.2) is 72.9 Å². The molecule has 4 rings (SSSR count). The second kappa shape index (κ2) is 8.42. The van der Waals surface area contributed by atoms with Gasteiger partial charge in [0.25, 0.3) is 0 Å². The van der Waals surface area contributed by atoms with Crippen molar-refractivity contribution in [2.75, 3.05) is 10.6 Å². The van der Waals surface area contributed by atoms with Crippen molar-refractivity contribution in [1.29, 1.82) is 0 Å². The van der Waals surface area contributed by atoms with E-state index in [0.29, 0.717) is 22.7 Å². The molecule has 0 fully saturated rings. The van der Waals surface area contributed by atoms with Gasteiger partial charge in [0, 0.05) is 34.5 Å². The summed E-state index contributed by atoms with van der Waals surface area (Å²) in [6, 6.07) is 18.3. The van der Waals surface area contributed by atoms with Crippen LogP contribution in [0.2, 0.25) is 0 Å². The number of aromatic nitrogens is 2. The number of urea groups is 1. The summed E-state index contributed by atoms with van der Waals surface area (Å²) in [5.74, 6) is -0.147. The highest BCUT2D eigenvalue weighted by atomic mass is 16.3. The molecule has 0 aliphatic carbocycles. The van der Waals surface area contributed by atoms with E-state index in [1.807, 2.05) is 30.3 Å². The van der Waals surface area contributed by atoms with E-state index in [9.17, 15) is 14.7 Å². The molecule has 0 bridgehead atoms. The molecule has 154 valence electrons. The lowest BCUT2D eigenvalue weighted by molar-refractivity contribution is -0.112. The number of phenols is 1. The van der Waals surface area contributed by atoms with Crippen LogP contribution in [0.4, 0.5) is 16.3 Å². The Kier molecular flexibility index (Phi) is 5.35. The van der Waals surface area contributed by atoms with Crippen molar-refractivity contribution < 1.29 is 14.7 Å². The van der Waals surface area contributed by atoms with Gasteiger partial charge in [0.2, 0.25) is 5.91 Å². The van der Waals surface area contributed by atoms with Crippen molar-refractivity contribution in [3.8, 4) is 5.75 Å². The first-order valence-electron chi connectivity index (χ1n) is 9.42. The number of nitrogens with zero attached hydrogens (tertiary/aromatic N) is 1. The van der Waals surface area contributed by atoms with Crippen LogP contribution >= 0.6 is 0 Å². The topological polar surface area (TPSA) is 133 Å². The van der Waals surface area contributed by atoms with E-state index in [0.717, 1.165) is 16.5 Å². The summed E-state index contributed by atoms with van der Waals surface area (Å²) >= 11 is 0. The Hall–Kier alpha value is -4.59. The van der Waals surface area contributed by atoms with Crippen molar-refractivity contribution in [3.05, 3.63) is 84.1 Å². The normalized spacial score (nSPS) is 11.3. The molecule has 8 heteroatoms. The van der Waals surface area contributed by atoms with E-state index >= 15 is 0 Å². The molecule has 0 radical (unpaired) electrons. The van der Waals surface area contributed by atoms with Crippen LogP contribution in [0, 0.1) is 0 Å². The molecule has 0 spiro atoms. The van der Waals surface area contributed by atoms with Crippen LogP contribution in [0.5, 0.6) is 5.75 Å². The molecule has 6 N–H and O–H groups in total. The molecule has 0 saturated carbocycles. The fourth-order valence-electron chi connectivity index (χ4n) is 3.15. The number of anilines is 2. The van der Waals surface area contributed by atoms with Crippen LogP contribution in [-0.2, 0) is 4.79 Å². The number of hydrogen-bond acceptors (Lipinski definition) is 4. The molecule has 0 aliphatic heterocycles. The Morgan fingerprint density at radius 2 is 1.81 bits per heavy atom. The minimum atomic E-state index is -0.532. The maximum absolute atomic E-state index is 12.2. The van der Waals surface area contributed by atoms with E-state index in [1.54, 1.807) is 36.5 Å². The summed E-state index contributed by atoms with van der Waals surface area (Å²) in [6.07, 6.45) is 3.43. The average Bonchev–Trinajstić information content (AvgIpc) is 3.14. The summed E-state index contributed by atoms with van der Waals surface area (Å²) in [5, 5.41) is 15.5. The molecule has 2 heterocycles. The zero-order valence-electron chi connectivity index (χ0n) is 16.3. The number of aromatic amines is 1. The van der Waals surface area contributed by atoms with Gasteiger partial charge >= 0.3 is 6.03 Å². The largest absolute Gasteiger partial charge is 0.508 e. The number of carbonyl (C=O) groups excluding carboxylic acids is 2. The number of hydrogen-bond donors (Lipinski definition) is 5. The monoisotopic (exact) mass is 413 g/mol. The molecule has 2 aromatic carbocycles. The zero-order chi connectivity index (χ0) is 21.8. The van der Waals surface area contributed by atoms with E-state index in [1.165, 1.54) is 12.1 Å². The number of aromatic hydroxyl groups is 1. The lowest BCUT2D eigenvalue weighted by Crippen LogP contribution is -2.20. The summed E-state index contributed by atoms with van der Waals surface area (Å²) in [4.78, 5) is 31.6. The van der Waals surface area contributed by atoms with Gasteiger partial charge in [0.05, 0.1) is 0 Å². The Morgan fingerprint density at radius 1 is 1.00 bits per heavy atom. The molecule has 0 unspecified atom stereocenters. The van der Waals surface area contributed by atoms with E-state index in [-0.39, 0.29) is 5.75 Å². The number of phenolic OH excluding ortho intramolecular Hbond substituents is 1. The van der Waals surface area contributed by atoms with Gasteiger partial charge in [-0.05, 0) is 35.9 Å². The van der Waals surface area contributed by atoms with Crippen LogP contribution < -0.4 is 16.4 Å². The number of benzene rings is 2. The number of nitrogens with one attached hydrogen (secondary N) is 3. The number of pyridine rings is 1. The number of fused-ring (bicyclic) bond motifs is 1. The lowest BCUT2D eigenvalue weighted by Gasteiger charge is -2.07. The summed E-state index contributed by atoms with van der Waals surface area (Å²) in [7, 11) is 0. The Bertz CT molecular complexity index is 1300. The Morgan fingerprint density at radius 3 is 2.55 bits per heavy atom. The van der Waals surface area contributed by atoms with Gasteiger partial charge in [-0.3, -0.25) is 10.1 Å². The molecule has 4 aromatic rings. The third-order valence-corrected chi connectivity index (χ3v) is 4.57. The minimum Gasteiger partial charge on any atom is -0.508 e. The SMILES string of the molecule is NC(=O)/C(=C/c1c[nH]c2nc(NC(=O)Nc3cccc(O)c3)ccc12)c1ccccc1. The molecule has 8 nitrogen and oxygen atoms in total. The van der Waals surface area contributed by atoms with Crippen molar-refractivity contribution in [2.45, 2.75) is 0 Å². The highest BCUT2D eigenvalue weighted by molar-refractivity contribution is 6.24. The van der Waals surface area contributed by atoms with Crippen LogP contribution in [0.25, 0.3) is 22.7 Å². The average molecular weight is 413 g/mol. The van der Waals surface area contributed by atoms with Gasteiger partial charge in [0.15, 0.2) is 0 Å². The van der Waals surface area contributed by atoms with Gasteiger partial charge in [-0.2, -0.15) is 0 Å². The van der Waals surface area contributed by atoms with Gasteiger partial charge in [-0.25, -0.2) is 9.78 Å². The summed E-state index contributed by atoms with van der Waals surface area (Å²) in [5.41, 5.74) is 8.42. The highest BCUT2D eigenvalue weighted by Gasteiger charge is 2.12. The smallest absolute Gasteiger partial charge is 0.324 e. The number of primary amides is 1. The number of carbonyl (C=O) groups is 2. The molecular formula is C23H19N5O3. The molecular weight excluding hydrogens is 394 g/mol. The maximum atomic E-state index is 12.2. The highest BCUT2D eigenvalue weighted by Crippen LogP contribution is 2.24. The van der Waals surface area contributed by atoms with Crippen molar-refractivity contribution >= 4 is 46.1 Å². The van der Waals surface area contributed by atoms with Crippen LogP contribution in [0.3, 0.4) is 0 Å². The predicted octanol–water partition coefficient (Wildman–Crippen LogP) is 3.94. The van der Waals surface area contributed by atoms with Gasteiger partial charge in [-0.1, -0.05) is 36.4 Å². The van der Waals surface area contributed by atoms with Gasteiger partial charge in [-0.15, -0.1) is 0 Å². The number of H-pyrrole nitrogens is 1. The third-order valence-electron chi connectivity index (χ3n) is 4.57. The molecule has 0 aliphatic rings. The van der Waals surface area contributed by atoms with Crippen LogP contribution in [-0.4, -0.2) is 27.0 Å². The third kappa shape index (κ3) is 4.54. The van der Waals surface area contributed by atoms with Gasteiger partial charge < -0.3 is 21.1 Å². The lowest BCUT2D eigenvalue weighted by atomic mass is 10.0. The Balaban J connectivity index is 1.56. The predicted molar refractivity (Wildman–Crippen MR) is 120 cm³/mol. The summed E-state index contributed by atoms with van der Waals surface area (Å²) in [6.45, 7) is 0. The fraction of sp³-hybridized carbons (Fsp3) is 0.